The second-order valence-corrected chi connectivity index (χ2v) is 8.41. The summed E-state index contributed by atoms with van der Waals surface area (Å²) >= 11 is 3.03. The van der Waals surface area contributed by atoms with E-state index >= 15 is 0 Å². The van der Waals surface area contributed by atoms with E-state index in [0.29, 0.717) is 0 Å². The molecule has 0 aliphatic heterocycles. The normalized spacial score (nSPS) is 11.3. The van der Waals surface area contributed by atoms with E-state index in [-0.39, 0.29) is 0 Å². The van der Waals surface area contributed by atoms with Crippen LogP contribution in [0.3, 0.4) is 0 Å². The highest BCUT2D eigenvalue weighted by Crippen LogP contribution is 2.39. The summed E-state index contributed by atoms with van der Waals surface area (Å²) in [6, 6.07) is 4.43. The first-order valence-electron chi connectivity index (χ1n) is 9.38. The van der Waals surface area contributed by atoms with Gasteiger partial charge in [0.25, 0.3) is 0 Å². The monoisotopic (exact) mass is 401 g/mol. The number of benzene rings is 1. The van der Waals surface area contributed by atoms with E-state index in [1.165, 1.54) is 28.2 Å². The summed E-state index contributed by atoms with van der Waals surface area (Å²) in [4.78, 5) is 6.74. The van der Waals surface area contributed by atoms with Crippen molar-refractivity contribution in [3.63, 3.8) is 0 Å². The third-order valence-electron chi connectivity index (χ3n) is 4.88. The Morgan fingerprint density at radius 3 is 2.63 bits per heavy atom. The molecule has 0 atom stereocenters. The van der Waals surface area contributed by atoms with Gasteiger partial charge in [0, 0.05) is 35.2 Å². The van der Waals surface area contributed by atoms with Gasteiger partial charge in [-0.1, -0.05) is 19.9 Å². The summed E-state index contributed by atoms with van der Waals surface area (Å²) in [5.41, 5.74) is 5.94. The molecule has 3 rings (SSSR count). The predicted octanol–water partition coefficient (Wildman–Crippen LogP) is 5.73. The third-order valence-corrected chi connectivity index (χ3v) is 6.43. The van der Waals surface area contributed by atoms with E-state index in [1.807, 2.05) is 11.6 Å². The molecule has 1 aromatic carbocycles. The Labute approximate surface area is 170 Å². The van der Waals surface area contributed by atoms with Crippen molar-refractivity contribution < 1.29 is 4.74 Å². The molecule has 6 heteroatoms. The van der Waals surface area contributed by atoms with Gasteiger partial charge in [-0.3, -0.25) is 0 Å². The van der Waals surface area contributed by atoms with E-state index in [1.54, 1.807) is 11.3 Å². The van der Waals surface area contributed by atoms with Gasteiger partial charge < -0.3 is 9.64 Å². The molecule has 0 bridgehead atoms. The molecular formula is C21H27N3OS2. The minimum atomic E-state index is 0.875. The number of likely N-dealkylation sites (N-methyl/N-ethyl adjacent to an activating group) is 1. The fraction of sp³-hybridized carbons (Fsp3) is 0.429. The van der Waals surface area contributed by atoms with Crippen molar-refractivity contribution in [2.75, 3.05) is 20.1 Å². The van der Waals surface area contributed by atoms with Crippen LogP contribution in [0.1, 0.15) is 36.1 Å². The van der Waals surface area contributed by atoms with E-state index < -0.39 is 0 Å². The van der Waals surface area contributed by atoms with Gasteiger partial charge in [0.2, 0.25) is 5.06 Å². The minimum Gasteiger partial charge on any atom is -0.445 e. The quantitative estimate of drug-likeness (QED) is 0.483. The Hall–Kier alpha value is -1.76. The summed E-state index contributed by atoms with van der Waals surface area (Å²) < 4.78 is 10.9. The lowest BCUT2D eigenvalue weighted by molar-refractivity contribution is 0.357. The van der Waals surface area contributed by atoms with Crippen LogP contribution in [-0.4, -0.2) is 34.4 Å². The number of aromatic nitrogens is 2. The number of aryl methyl sites for hydroxylation is 2. The van der Waals surface area contributed by atoms with E-state index in [2.05, 4.69) is 61.1 Å². The summed E-state index contributed by atoms with van der Waals surface area (Å²) in [5.74, 6) is 0.920. The lowest BCUT2D eigenvalue weighted by Gasteiger charge is -2.16. The first kappa shape index (κ1) is 20.0. The number of nitrogens with zero attached hydrogens (tertiary/aromatic N) is 3. The Bertz CT molecular complexity index is 887. The van der Waals surface area contributed by atoms with Crippen LogP contribution in [-0.2, 0) is 12.8 Å². The van der Waals surface area contributed by atoms with Gasteiger partial charge in [-0.2, -0.15) is 4.37 Å². The molecule has 27 heavy (non-hydrogen) atoms. The maximum absolute atomic E-state index is 6.31. The number of thiazole rings is 1. The molecule has 0 saturated carbocycles. The molecule has 0 saturated heterocycles. The predicted molar refractivity (Wildman–Crippen MR) is 115 cm³/mol. The molecule has 0 aliphatic carbocycles. The molecule has 4 nitrogen and oxygen atoms in total. The average Bonchev–Trinajstić information content (AvgIpc) is 3.32. The van der Waals surface area contributed by atoms with Gasteiger partial charge >= 0.3 is 0 Å². The molecule has 0 unspecified atom stereocenters. The van der Waals surface area contributed by atoms with E-state index in [9.17, 15) is 0 Å². The Balaban J connectivity index is 1.83. The second-order valence-electron chi connectivity index (χ2n) is 6.78. The van der Waals surface area contributed by atoms with Crippen LogP contribution in [0.5, 0.6) is 10.8 Å². The summed E-state index contributed by atoms with van der Waals surface area (Å²) in [7, 11) is 2.16. The lowest BCUT2D eigenvalue weighted by Crippen LogP contribution is -2.20. The van der Waals surface area contributed by atoms with Gasteiger partial charge in [0.05, 0.1) is 0 Å². The number of rotatable bonds is 8. The average molecular weight is 402 g/mol. The molecular weight excluding hydrogens is 374 g/mol. The van der Waals surface area contributed by atoms with Crippen LogP contribution >= 0.6 is 22.9 Å². The van der Waals surface area contributed by atoms with Gasteiger partial charge in [-0.25, -0.2) is 4.98 Å². The number of hydrogen-bond acceptors (Lipinski definition) is 6. The summed E-state index contributed by atoms with van der Waals surface area (Å²) in [6.07, 6.45) is 3.76. The Morgan fingerprint density at radius 2 is 1.96 bits per heavy atom. The van der Waals surface area contributed by atoms with Crippen LogP contribution in [0.2, 0.25) is 0 Å². The molecule has 3 aromatic rings. The van der Waals surface area contributed by atoms with Crippen molar-refractivity contribution in [3.05, 3.63) is 46.0 Å². The topological polar surface area (TPSA) is 38.3 Å². The minimum absolute atomic E-state index is 0.875. The van der Waals surface area contributed by atoms with Gasteiger partial charge in [0.15, 0.2) is 0 Å². The van der Waals surface area contributed by atoms with Crippen molar-refractivity contribution in [2.24, 2.45) is 0 Å². The van der Waals surface area contributed by atoms with Crippen molar-refractivity contribution in [1.29, 1.82) is 0 Å². The highest BCUT2D eigenvalue weighted by Gasteiger charge is 2.18. The fourth-order valence-corrected chi connectivity index (χ4v) is 4.55. The Kier molecular flexibility index (Phi) is 6.63. The zero-order valence-electron chi connectivity index (χ0n) is 16.7. The first-order chi connectivity index (χ1) is 13.0. The number of ether oxygens (including phenoxy) is 1. The Morgan fingerprint density at radius 1 is 1.15 bits per heavy atom. The maximum atomic E-state index is 6.31. The fourth-order valence-electron chi connectivity index (χ4n) is 2.99. The lowest BCUT2D eigenvalue weighted by atomic mass is 10.0. The van der Waals surface area contributed by atoms with Gasteiger partial charge in [-0.05, 0) is 63.0 Å². The molecule has 2 aromatic heterocycles. The van der Waals surface area contributed by atoms with Crippen molar-refractivity contribution in [3.8, 4) is 21.5 Å². The second kappa shape index (κ2) is 8.95. The smallest absolute Gasteiger partial charge is 0.203 e. The van der Waals surface area contributed by atoms with Crippen molar-refractivity contribution in [1.82, 2.24) is 14.3 Å². The highest BCUT2D eigenvalue weighted by atomic mass is 32.1. The maximum Gasteiger partial charge on any atom is 0.203 e. The molecule has 0 amide bonds. The third kappa shape index (κ3) is 4.57. The number of hydrogen-bond donors (Lipinski definition) is 0. The van der Waals surface area contributed by atoms with Crippen LogP contribution in [0.15, 0.2) is 23.7 Å². The summed E-state index contributed by atoms with van der Waals surface area (Å²) in [6.45, 7) is 10.8. The molecule has 0 radical (unpaired) electrons. The molecule has 0 N–H and O–H groups in total. The zero-order chi connectivity index (χ0) is 19.4. The standard InChI is InChI=1S/C21H27N3OS2/c1-6-17-19(20-22-9-11-26-20)23-27-21(17)25-18-13-14(3)16(12-15(18)4)8-10-24(5)7-2/h9,11-13H,6-8,10H2,1-5H3. The highest BCUT2D eigenvalue weighted by molar-refractivity contribution is 7.13. The van der Waals surface area contributed by atoms with Crippen LogP contribution in [0, 0.1) is 13.8 Å². The molecule has 2 heterocycles. The van der Waals surface area contributed by atoms with Gasteiger partial charge in [0.1, 0.15) is 16.5 Å². The summed E-state index contributed by atoms with van der Waals surface area (Å²) in [5, 5.41) is 3.82. The van der Waals surface area contributed by atoms with E-state index in [4.69, 9.17) is 4.74 Å². The van der Waals surface area contributed by atoms with E-state index in [0.717, 1.165) is 53.0 Å². The van der Waals surface area contributed by atoms with Crippen molar-refractivity contribution in [2.45, 2.75) is 40.5 Å². The van der Waals surface area contributed by atoms with Crippen LogP contribution < -0.4 is 4.74 Å². The molecule has 0 fully saturated rings. The van der Waals surface area contributed by atoms with Crippen LogP contribution in [0.25, 0.3) is 10.7 Å². The van der Waals surface area contributed by atoms with Gasteiger partial charge in [-0.15, -0.1) is 11.3 Å². The van der Waals surface area contributed by atoms with Crippen LogP contribution in [0.4, 0.5) is 0 Å². The SMILES string of the molecule is CCc1c(-c2nccs2)nsc1Oc1cc(C)c(CCN(C)CC)cc1C. The molecule has 0 aliphatic rings. The molecule has 0 spiro atoms. The largest absolute Gasteiger partial charge is 0.445 e. The molecule has 144 valence electrons. The first-order valence-corrected chi connectivity index (χ1v) is 11.0. The van der Waals surface area contributed by atoms with Crippen molar-refractivity contribution >= 4 is 22.9 Å². The zero-order valence-corrected chi connectivity index (χ0v) is 18.3.